The van der Waals surface area contributed by atoms with Crippen molar-refractivity contribution in [2.75, 3.05) is 6.54 Å². The quantitative estimate of drug-likeness (QED) is 0.695. The average molecular weight is 389 g/mol. The molecule has 2 aromatic heterocycles. The summed E-state index contributed by atoms with van der Waals surface area (Å²) in [6.45, 7) is 2.58. The van der Waals surface area contributed by atoms with E-state index in [9.17, 15) is 14.7 Å². The Morgan fingerprint density at radius 3 is 2.67 bits per heavy atom. The van der Waals surface area contributed by atoms with E-state index in [0.29, 0.717) is 35.1 Å². The topological polar surface area (TPSA) is 119 Å². The number of hydrogen-bond acceptors (Lipinski definition) is 4. The van der Waals surface area contributed by atoms with E-state index in [-0.39, 0.29) is 12.1 Å². The first-order valence-corrected chi connectivity index (χ1v) is 8.66. The zero-order valence-corrected chi connectivity index (χ0v) is 15.5. The van der Waals surface area contributed by atoms with Crippen LogP contribution in [-0.4, -0.2) is 48.1 Å². The molecule has 1 aliphatic rings. The number of hydrogen-bond donors (Lipinski definition) is 2. The highest BCUT2D eigenvalue weighted by molar-refractivity contribution is 6.35. The van der Waals surface area contributed by atoms with Crippen LogP contribution < -0.4 is 5.73 Å². The number of primary amides is 1. The lowest BCUT2D eigenvalue weighted by Gasteiger charge is -2.25. The molecular formula is C17H17ClN6O3. The minimum absolute atomic E-state index is 0.0580. The van der Waals surface area contributed by atoms with Crippen molar-refractivity contribution in [2.45, 2.75) is 20.0 Å². The summed E-state index contributed by atoms with van der Waals surface area (Å²) >= 11 is 6.46. The first-order valence-electron chi connectivity index (χ1n) is 8.28. The molecule has 0 saturated carbocycles. The van der Waals surface area contributed by atoms with Gasteiger partial charge in [0.15, 0.2) is 0 Å². The third kappa shape index (κ3) is 2.62. The van der Waals surface area contributed by atoms with Crippen molar-refractivity contribution in [1.29, 1.82) is 0 Å². The van der Waals surface area contributed by atoms with Gasteiger partial charge in [-0.15, -0.1) is 0 Å². The molecule has 0 bridgehead atoms. The van der Waals surface area contributed by atoms with Crippen LogP contribution in [0.5, 0.6) is 0 Å². The summed E-state index contributed by atoms with van der Waals surface area (Å²) in [4.78, 5) is 24.7. The molecule has 0 spiro atoms. The maximum Gasteiger partial charge on any atom is 0.407 e. The van der Waals surface area contributed by atoms with E-state index < -0.39 is 12.0 Å². The Bertz CT molecular complexity index is 1120. The smallest absolute Gasteiger partial charge is 0.407 e. The van der Waals surface area contributed by atoms with Gasteiger partial charge in [0.25, 0.3) is 5.91 Å². The van der Waals surface area contributed by atoms with E-state index in [1.54, 1.807) is 15.4 Å². The fourth-order valence-corrected chi connectivity index (χ4v) is 3.95. The molecule has 0 fully saturated rings. The number of nitrogens with two attached hydrogens (primary N) is 1. The van der Waals surface area contributed by atoms with Gasteiger partial charge in [0.05, 0.1) is 40.6 Å². The van der Waals surface area contributed by atoms with Crippen LogP contribution in [0, 0.1) is 6.92 Å². The lowest BCUT2D eigenvalue weighted by atomic mass is 10.0. The molecule has 3 aromatic rings. The molecule has 0 saturated heterocycles. The summed E-state index contributed by atoms with van der Waals surface area (Å²) < 4.78 is 3.35. The van der Waals surface area contributed by atoms with Gasteiger partial charge >= 0.3 is 6.09 Å². The highest BCUT2D eigenvalue weighted by atomic mass is 35.5. The number of fused-ring (bicyclic) bond motifs is 2. The number of halogens is 1. The molecule has 3 N–H and O–H groups in total. The van der Waals surface area contributed by atoms with Crippen LogP contribution >= 0.6 is 11.6 Å². The molecule has 9 nitrogen and oxygen atoms in total. The summed E-state index contributed by atoms with van der Waals surface area (Å²) in [5.41, 5.74) is 8.96. The second kappa shape index (κ2) is 5.98. The number of amides is 2. The van der Waals surface area contributed by atoms with Gasteiger partial charge in [-0.3, -0.25) is 14.2 Å². The summed E-state index contributed by atoms with van der Waals surface area (Å²) in [7, 11) is 1.81. The molecule has 10 heteroatoms. The molecule has 140 valence electrons. The van der Waals surface area contributed by atoms with Gasteiger partial charge in [-0.2, -0.15) is 10.2 Å². The summed E-state index contributed by atoms with van der Waals surface area (Å²) in [5, 5.41) is 19.5. The lowest BCUT2D eigenvalue weighted by Crippen LogP contribution is -2.38. The summed E-state index contributed by atoms with van der Waals surface area (Å²) in [6.07, 6.45) is -1.05. The second-order valence-electron chi connectivity index (χ2n) is 6.53. The van der Waals surface area contributed by atoms with Crippen LogP contribution in [0.15, 0.2) is 12.1 Å². The van der Waals surface area contributed by atoms with Crippen molar-refractivity contribution < 1.29 is 14.7 Å². The third-order valence-corrected chi connectivity index (χ3v) is 5.14. The maximum absolute atomic E-state index is 12.2. The SMILES string of the molecule is Cc1nn(C)c2c(Cl)cc(-c3nn4c(c3C(N)=O)CN(C(=O)O)CC4)cc12. The van der Waals surface area contributed by atoms with Crippen LogP contribution in [0.2, 0.25) is 5.02 Å². The maximum atomic E-state index is 12.2. The Labute approximate surface area is 158 Å². The Kier molecular flexibility index (Phi) is 3.84. The number of nitrogens with zero attached hydrogens (tertiary/aromatic N) is 5. The van der Waals surface area contributed by atoms with Crippen LogP contribution in [0.1, 0.15) is 21.7 Å². The van der Waals surface area contributed by atoms with Crippen LogP contribution in [-0.2, 0) is 20.1 Å². The zero-order chi connectivity index (χ0) is 19.5. The molecule has 2 amide bonds. The number of carboxylic acid groups (broad SMARTS) is 1. The minimum atomic E-state index is -1.05. The predicted molar refractivity (Wildman–Crippen MR) is 98.6 cm³/mol. The number of carbonyl (C=O) groups is 2. The van der Waals surface area contributed by atoms with Crippen LogP contribution in [0.3, 0.4) is 0 Å². The highest BCUT2D eigenvalue weighted by Crippen LogP contribution is 2.34. The third-order valence-electron chi connectivity index (χ3n) is 4.85. The highest BCUT2D eigenvalue weighted by Gasteiger charge is 2.30. The van der Waals surface area contributed by atoms with Gasteiger partial charge in [-0.1, -0.05) is 11.6 Å². The van der Waals surface area contributed by atoms with Crippen molar-refractivity contribution in [3.63, 3.8) is 0 Å². The summed E-state index contributed by atoms with van der Waals surface area (Å²) in [6, 6.07) is 3.60. The largest absolute Gasteiger partial charge is 0.465 e. The van der Waals surface area contributed by atoms with Crippen molar-refractivity contribution in [3.05, 3.63) is 34.1 Å². The predicted octanol–water partition coefficient (Wildman–Crippen LogP) is 1.99. The Balaban J connectivity index is 1.93. The fraction of sp³-hybridized carbons (Fsp3) is 0.294. The van der Waals surface area contributed by atoms with Gasteiger partial charge in [-0.25, -0.2) is 4.79 Å². The Hall–Kier alpha value is -3.07. The number of aryl methyl sites for hydroxylation is 2. The van der Waals surface area contributed by atoms with Gasteiger partial charge in [0.1, 0.15) is 5.69 Å². The first kappa shape index (κ1) is 17.3. The number of benzene rings is 1. The van der Waals surface area contributed by atoms with Gasteiger partial charge < -0.3 is 15.7 Å². The Morgan fingerprint density at radius 2 is 2.00 bits per heavy atom. The molecule has 3 heterocycles. The molecule has 27 heavy (non-hydrogen) atoms. The Morgan fingerprint density at radius 1 is 1.26 bits per heavy atom. The van der Waals surface area contributed by atoms with Crippen LogP contribution in [0.4, 0.5) is 4.79 Å². The lowest BCUT2D eigenvalue weighted by molar-refractivity contribution is 0.0993. The monoisotopic (exact) mass is 388 g/mol. The normalized spacial score (nSPS) is 13.8. The fourth-order valence-electron chi connectivity index (χ4n) is 3.61. The molecule has 4 rings (SSSR count). The molecule has 0 radical (unpaired) electrons. The van der Waals surface area contributed by atoms with E-state index in [0.717, 1.165) is 16.6 Å². The van der Waals surface area contributed by atoms with Crippen LogP contribution in [0.25, 0.3) is 22.2 Å². The van der Waals surface area contributed by atoms with Crippen molar-refractivity contribution in [1.82, 2.24) is 24.5 Å². The number of carbonyl (C=O) groups excluding carboxylic acids is 1. The number of aromatic nitrogens is 4. The number of rotatable bonds is 2. The van der Waals surface area contributed by atoms with E-state index in [2.05, 4.69) is 10.2 Å². The molecular weight excluding hydrogens is 372 g/mol. The van der Waals surface area contributed by atoms with Gasteiger partial charge in [-0.05, 0) is 19.1 Å². The molecule has 1 aromatic carbocycles. The van der Waals surface area contributed by atoms with Gasteiger partial charge in [0.2, 0.25) is 0 Å². The van der Waals surface area contributed by atoms with E-state index in [4.69, 9.17) is 17.3 Å². The minimum Gasteiger partial charge on any atom is -0.465 e. The van der Waals surface area contributed by atoms with Gasteiger partial charge in [0, 0.05) is 24.5 Å². The van der Waals surface area contributed by atoms with Crippen molar-refractivity contribution >= 4 is 34.5 Å². The summed E-state index contributed by atoms with van der Waals surface area (Å²) in [5.74, 6) is -0.655. The van der Waals surface area contributed by atoms with E-state index >= 15 is 0 Å². The average Bonchev–Trinajstić information content (AvgIpc) is 3.12. The second-order valence-corrected chi connectivity index (χ2v) is 6.93. The molecule has 0 atom stereocenters. The molecule has 0 aliphatic carbocycles. The molecule has 0 unspecified atom stereocenters. The first-order chi connectivity index (χ1) is 12.8. The van der Waals surface area contributed by atoms with E-state index in [1.165, 1.54) is 4.90 Å². The molecule has 1 aliphatic heterocycles. The zero-order valence-electron chi connectivity index (χ0n) is 14.7. The van der Waals surface area contributed by atoms with Crippen molar-refractivity contribution in [3.8, 4) is 11.3 Å². The van der Waals surface area contributed by atoms with Crippen molar-refractivity contribution in [2.24, 2.45) is 12.8 Å². The standard InChI is InChI=1S/C17H17ClN6O3/c1-8-10-5-9(6-11(18)15(10)22(2)20-8)14-13(16(19)25)12-7-23(17(26)27)3-4-24(12)21-14/h5-6H,3-4,7H2,1-2H3,(H2,19,25)(H,26,27). The van der Waals surface area contributed by atoms with E-state index in [1.807, 2.05) is 20.0 Å².